The first-order valence-electron chi connectivity index (χ1n) is 6.98. The number of ether oxygens (including phenoxy) is 1. The van der Waals surface area contributed by atoms with Gasteiger partial charge in [0.25, 0.3) is 0 Å². The summed E-state index contributed by atoms with van der Waals surface area (Å²) in [6, 6.07) is 3.82. The SMILES string of the molecule is COC(=O)c1ccc(CS(=O)(=O)CC2CCCC2)cc1F. The van der Waals surface area contributed by atoms with Crippen LogP contribution >= 0.6 is 0 Å². The molecule has 0 saturated heterocycles. The molecule has 0 radical (unpaired) electrons. The van der Waals surface area contributed by atoms with Crippen molar-refractivity contribution in [3.05, 3.63) is 35.1 Å². The molecular weight excluding hydrogens is 295 g/mol. The number of hydrogen-bond donors (Lipinski definition) is 0. The summed E-state index contributed by atoms with van der Waals surface area (Å²) in [6.07, 6.45) is 4.08. The van der Waals surface area contributed by atoms with E-state index in [1.54, 1.807) is 0 Å². The Bertz CT molecular complexity index is 619. The highest BCUT2D eigenvalue weighted by molar-refractivity contribution is 7.90. The Morgan fingerprint density at radius 3 is 2.57 bits per heavy atom. The predicted octanol–water partition coefficient (Wildman–Crippen LogP) is 2.72. The van der Waals surface area contributed by atoms with Crippen molar-refractivity contribution in [2.45, 2.75) is 31.4 Å². The topological polar surface area (TPSA) is 60.4 Å². The van der Waals surface area contributed by atoms with E-state index < -0.39 is 21.6 Å². The second-order valence-electron chi connectivity index (χ2n) is 5.51. The third kappa shape index (κ3) is 4.27. The molecule has 1 aliphatic rings. The lowest BCUT2D eigenvalue weighted by Crippen LogP contribution is -2.16. The number of sulfone groups is 1. The van der Waals surface area contributed by atoms with E-state index in [0.717, 1.165) is 31.7 Å². The zero-order chi connectivity index (χ0) is 15.5. The van der Waals surface area contributed by atoms with Crippen LogP contribution in [0.1, 0.15) is 41.6 Å². The Labute approximate surface area is 124 Å². The van der Waals surface area contributed by atoms with E-state index in [-0.39, 0.29) is 23.0 Å². The highest BCUT2D eigenvalue weighted by Gasteiger charge is 2.23. The first-order chi connectivity index (χ1) is 9.91. The molecule has 1 aliphatic carbocycles. The second-order valence-corrected chi connectivity index (χ2v) is 7.62. The van der Waals surface area contributed by atoms with Gasteiger partial charge in [0.2, 0.25) is 0 Å². The maximum atomic E-state index is 13.8. The molecule has 4 nitrogen and oxygen atoms in total. The molecule has 6 heteroatoms. The van der Waals surface area contributed by atoms with Crippen LogP contribution < -0.4 is 0 Å². The minimum atomic E-state index is -3.26. The smallest absolute Gasteiger partial charge is 0.340 e. The van der Waals surface area contributed by atoms with Crippen LogP contribution in [0.5, 0.6) is 0 Å². The highest BCUT2D eigenvalue weighted by Crippen LogP contribution is 2.27. The van der Waals surface area contributed by atoms with E-state index in [1.807, 2.05) is 0 Å². The van der Waals surface area contributed by atoms with Gasteiger partial charge >= 0.3 is 5.97 Å². The van der Waals surface area contributed by atoms with Crippen LogP contribution in [0.15, 0.2) is 18.2 Å². The Balaban J connectivity index is 2.08. The lowest BCUT2D eigenvalue weighted by Gasteiger charge is -2.10. The van der Waals surface area contributed by atoms with Crippen LogP contribution in [0.3, 0.4) is 0 Å². The van der Waals surface area contributed by atoms with Crippen LogP contribution in [0.25, 0.3) is 0 Å². The summed E-state index contributed by atoms with van der Waals surface area (Å²) in [4.78, 5) is 11.3. The third-order valence-corrected chi connectivity index (χ3v) is 5.54. The van der Waals surface area contributed by atoms with Gasteiger partial charge in [-0.25, -0.2) is 17.6 Å². The van der Waals surface area contributed by atoms with Gasteiger partial charge in [0, 0.05) is 0 Å². The normalized spacial score (nSPS) is 16.1. The van der Waals surface area contributed by atoms with Gasteiger partial charge in [-0.05, 0) is 36.5 Å². The van der Waals surface area contributed by atoms with Crippen LogP contribution in [0.2, 0.25) is 0 Å². The predicted molar refractivity (Wildman–Crippen MR) is 77.2 cm³/mol. The number of benzene rings is 1. The molecule has 0 N–H and O–H groups in total. The molecule has 0 amide bonds. The number of carbonyl (C=O) groups excluding carboxylic acids is 1. The van der Waals surface area contributed by atoms with Gasteiger partial charge < -0.3 is 4.74 Å². The van der Waals surface area contributed by atoms with E-state index >= 15 is 0 Å². The molecule has 0 aromatic heterocycles. The van der Waals surface area contributed by atoms with Gasteiger partial charge in [-0.3, -0.25) is 0 Å². The summed E-state index contributed by atoms with van der Waals surface area (Å²) in [5.41, 5.74) is 0.174. The first kappa shape index (κ1) is 15.9. The number of hydrogen-bond acceptors (Lipinski definition) is 4. The second kappa shape index (κ2) is 6.56. The molecule has 1 aromatic carbocycles. The highest BCUT2D eigenvalue weighted by atomic mass is 32.2. The van der Waals surface area contributed by atoms with Crippen molar-refractivity contribution in [2.24, 2.45) is 5.92 Å². The molecule has 0 spiro atoms. The van der Waals surface area contributed by atoms with E-state index in [2.05, 4.69) is 4.74 Å². The number of methoxy groups -OCH3 is 1. The molecule has 0 aliphatic heterocycles. The Morgan fingerprint density at radius 1 is 1.33 bits per heavy atom. The van der Waals surface area contributed by atoms with Gasteiger partial charge in [0.1, 0.15) is 5.82 Å². The minimum absolute atomic E-state index is 0.160. The lowest BCUT2D eigenvalue weighted by atomic mass is 10.1. The summed E-state index contributed by atoms with van der Waals surface area (Å²) in [6.45, 7) is 0. The number of halogens is 1. The van der Waals surface area contributed by atoms with Crippen LogP contribution in [0, 0.1) is 11.7 Å². The summed E-state index contributed by atoms with van der Waals surface area (Å²) in [5.74, 6) is -1.33. The fraction of sp³-hybridized carbons (Fsp3) is 0.533. The number of carbonyl (C=O) groups is 1. The zero-order valence-electron chi connectivity index (χ0n) is 12.0. The maximum absolute atomic E-state index is 13.8. The molecule has 0 bridgehead atoms. The molecule has 21 heavy (non-hydrogen) atoms. The minimum Gasteiger partial charge on any atom is -0.465 e. The number of esters is 1. The van der Waals surface area contributed by atoms with Crippen molar-refractivity contribution < 1.29 is 22.3 Å². The van der Waals surface area contributed by atoms with Gasteiger partial charge in [-0.2, -0.15) is 0 Å². The van der Waals surface area contributed by atoms with Crippen molar-refractivity contribution in [3.63, 3.8) is 0 Å². The summed E-state index contributed by atoms with van der Waals surface area (Å²) in [5, 5.41) is 0. The molecule has 2 rings (SSSR count). The van der Waals surface area contributed by atoms with Crippen LogP contribution in [-0.2, 0) is 20.3 Å². The molecule has 1 saturated carbocycles. The van der Waals surface area contributed by atoms with E-state index in [1.165, 1.54) is 19.2 Å². The van der Waals surface area contributed by atoms with Crippen molar-refractivity contribution in [1.82, 2.24) is 0 Å². The Morgan fingerprint density at radius 2 is 2.00 bits per heavy atom. The van der Waals surface area contributed by atoms with E-state index in [0.29, 0.717) is 5.56 Å². The molecule has 116 valence electrons. The van der Waals surface area contributed by atoms with Gasteiger partial charge in [-0.15, -0.1) is 0 Å². The zero-order valence-corrected chi connectivity index (χ0v) is 12.8. The van der Waals surface area contributed by atoms with E-state index in [9.17, 15) is 17.6 Å². The molecular formula is C15H19FO4S. The first-order valence-corrected chi connectivity index (χ1v) is 8.80. The average molecular weight is 314 g/mol. The van der Waals surface area contributed by atoms with Crippen LogP contribution in [0.4, 0.5) is 4.39 Å². The summed E-state index contributed by atoms with van der Waals surface area (Å²) >= 11 is 0. The summed E-state index contributed by atoms with van der Waals surface area (Å²) < 4.78 is 42.5. The van der Waals surface area contributed by atoms with Crippen molar-refractivity contribution in [3.8, 4) is 0 Å². The van der Waals surface area contributed by atoms with Gasteiger partial charge in [-0.1, -0.05) is 18.9 Å². The van der Waals surface area contributed by atoms with Crippen molar-refractivity contribution >= 4 is 15.8 Å². The van der Waals surface area contributed by atoms with Crippen molar-refractivity contribution in [1.29, 1.82) is 0 Å². The summed E-state index contributed by atoms with van der Waals surface area (Å²) in [7, 11) is -2.09. The van der Waals surface area contributed by atoms with E-state index in [4.69, 9.17) is 0 Å². The van der Waals surface area contributed by atoms with Crippen LogP contribution in [-0.4, -0.2) is 27.2 Å². The maximum Gasteiger partial charge on any atom is 0.340 e. The van der Waals surface area contributed by atoms with Gasteiger partial charge in [0.15, 0.2) is 9.84 Å². The number of rotatable bonds is 5. The largest absolute Gasteiger partial charge is 0.465 e. The molecule has 0 atom stereocenters. The quantitative estimate of drug-likeness (QED) is 0.784. The van der Waals surface area contributed by atoms with Crippen molar-refractivity contribution in [2.75, 3.05) is 12.9 Å². The monoisotopic (exact) mass is 314 g/mol. The molecule has 0 heterocycles. The fourth-order valence-electron chi connectivity index (χ4n) is 2.77. The standard InChI is InChI=1S/C15H19FO4S/c1-20-15(17)13-7-6-12(8-14(13)16)10-21(18,19)9-11-4-2-3-5-11/h6-8,11H,2-5,9-10H2,1H3. The third-order valence-electron chi connectivity index (χ3n) is 3.79. The Kier molecular flexibility index (Phi) is 4.98. The fourth-order valence-corrected chi connectivity index (χ4v) is 4.63. The molecule has 1 fully saturated rings. The Hall–Kier alpha value is -1.43. The average Bonchev–Trinajstić information content (AvgIpc) is 2.89. The lowest BCUT2D eigenvalue weighted by molar-refractivity contribution is 0.0595. The molecule has 1 aromatic rings. The molecule has 0 unspecified atom stereocenters. The van der Waals surface area contributed by atoms with Gasteiger partial charge in [0.05, 0.1) is 24.2 Å².